The van der Waals surface area contributed by atoms with E-state index in [9.17, 15) is 0 Å². The number of quaternary nitrogens is 1. The summed E-state index contributed by atoms with van der Waals surface area (Å²) in [7, 11) is 6.47. The lowest BCUT2D eigenvalue weighted by Gasteiger charge is -2.22. The Kier molecular flexibility index (Phi) is 9.09. The highest BCUT2D eigenvalue weighted by atomic mass is 127. The van der Waals surface area contributed by atoms with E-state index in [0.717, 1.165) is 17.6 Å². The van der Waals surface area contributed by atoms with Gasteiger partial charge in [0.2, 0.25) is 0 Å². The first kappa shape index (κ1) is 13.6. The van der Waals surface area contributed by atoms with Gasteiger partial charge in [0.05, 0.1) is 21.1 Å². The van der Waals surface area contributed by atoms with E-state index in [1.807, 2.05) is 6.26 Å². The van der Waals surface area contributed by atoms with E-state index in [4.69, 9.17) is 4.18 Å². The molecule has 0 unspecified atom stereocenters. The lowest BCUT2D eigenvalue weighted by molar-refractivity contribution is -0.870. The van der Waals surface area contributed by atoms with E-state index in [1.54, 1.807) is 0 Å². The molecule has 0 aromatic rings. The van der Waals surface area contributed by atoms with Gasteiger partial charge in [-0.15, -0.1) is 0 Å². The van der Waals surface area contributed by atoms with Crippen LogP contribution in [0.2, 0.25) is 0 Å². The molecule has 0 aliphatic rings. The van der Waals surface area contributed by atoms with E-state index >= 15 is 0 Å². The second kappa shape index (κ2) is 6.69. The average Bonchev–Trinajstić information content (AvgIpc) is 1.63. The first-order chi connectivity index (χ1) is 4.06. The van der Waals surface area contributed by atoms with Crippen molar-refractivity contribution in [3.05, 3.63) is 0 Å². The largest absolute Gasteiger partial charge is 1.00 e. The number of rotatable bonds is 4. The number of halogens is 1. The zero-order valence-electron chi connectivity index (χ0n) is 7.06. The zero-order chi connectivity index (χ0) is 7.33. The molecular formula is C6H16INOS. The molecule has 0 heterocycles. The molecule has 0 bridgehead atoms. The van der Waals surface area contributed by atoms with Crippen LogP contribution < -0.4 is 24.0 Å². The van der Waals surface area contributed by atoms with Gasteiger partial charge in [-0.2, -0.15) is 0 Å². The van der Waals surface area contributed by atoms with Crippen LogP contribution in [0.4, 0.5) is 0 Å². The van der Waals surface area contributed by atoms with Gasteiger partial charge in [0.15, 0.2) is 0 Å². The molecule has 0 saturated heterocycles. The molecule has 0 atom stereocenters. The van der Waals surface area contributed by atoms with E-state index < -0.39 is 0 Å². The van der Waals surface area contributed by atoms with Crippen LogP contribution in [0.5, 0.6) is 0 Å². The molecule has 0 aromatic heterocycles. The molecule has 0 aliphatic heterocycles. The fourth-order valence-corrected chi connectivity index (χ4v) is 0.636. The molecule has 4 heteroatoms. The Labute approximate surface area is 85.1 Å². The molecule has 0 N–H and O–H groups in total. The summed E-state index contributed by atoms with van der Waals surface area (Å²) in [4.78, 5) is 0. The normalized spacial score (nSPS) is 10.8. The van der Waals surface area contributed by atoms with Gasteiger partial charge in [0.1, 0.15) is 13.2 Å². The highest BCUT2D eigenvalue weighted by molar-refractivity contribution is 7.93. The monoisotopic (exact) mass is 277 g/mol. The van der Waals surface area contributed by atoms with E-state index in [1.165, 1.54) is 12.0 Å². The van der Waals surface area contributed by atoms with Crippen LogP contribution in [0.25, 0.3) is 0 Å². The molecule has 2 nitrogen and oxygen atoms in total. The second-order valence-corrected chi connectivity index (χ2v) is 3.57. The molecule has 0 spiro atoms. The molecule has 0 aromatic carbocycles. The minimum atomic E-state index is 0. The Morgan fingerprint density at radius 1 is 1.30 bits per heavy atom. The van der Waals surface area contributed by atoms with Gasteiger partial charge in [0, 0.05) is 6.26 Å². The lowest BCUT2D eigenvalue weighted by Crippen LogP contribution is -3.00. The molecule has 0 radical (unpaired) electrons. The van der Waals surface area contributed by atoms with Crippen molar-refractivity contribution in [1.82, 2.24) is 0 Å². The van der Waals surface area contributed by atoms with Crippen molar-refractivity contribution in [1.29, 1.82) is 0 Å². The second-order valence-electron chi connectivity index (χ2n) is 3.00. The predicted octanol–water partition coefficient (Wildman–Crippen LogP) is -2.01. The topological polar surface area (TPSA) is 9.23 Å². The van der Waals surface area contributed by atoms with Crippen LogP contribution in [-0.4, -0.2) is 45.0 Å². The molecular weight excluding hydrogens is 261 g/mol. The van der Waals surface area contributed by atoms with Gasteiger partial charge in [-0.05, 0) is 12.0 Å². The lowest BCUT2D eigenvalue weighted by atomic mass is 10.5. The van der Waals surface area contributed by atoms with Crippen LogP contribution >= 0.6 is 12.0 Å². The highest BCUT2D eigenvalue weighted by Gasteiger charge is 2.04. The smallest absolute Gasteiger partial charge is 0.110 e. The summed E-state index contributed by atoms with van der Waals surface area (Å²) in [6, 6.07) is 0. The Balaban J connectivity index is 0. The number of hydrogen-bond donors (Lipinski definition) is 0. The van der Waals surface area contributed by atoms with Gasteiger partial charge in [-0.1, -0.05) is 0 Å². The molecule has 0 fully saturated rings. The van der Waals surface area contributed by atoms with Crippen LogP contribution in [0.3, 0.4) is 0 Å². The summed E-state index contributed by atoms with van der Waals surface area (Å²) in [6.07, 6.45) is 1.94. The number of hydrogen-bond acceptors (Lipinski definition) is 2. The fourth-order valence-electron chi connectivity index (χ4n) is 0.394. The van der Waals surface area contributed by atoms with Crippen LogP contribution in [0.15, 0.2) is 0 Å². The summed E-state index contributed by atoms with van der Waals surface area (Å²) in [5.41, 5.74) is 0. The van der Waals surface area contributed by atoms with Gasteiger partial charge in [-0.25, -0.2) is 0 Å². The average molecular weight is 277 g/mol. The summed E-state index contributed by atoms with van der Waals surface area (Å²) >= 11 is 1.43. The number of likely N-dealkylation sites (N-methyl/N-ethyl adjacent to an activating group) is 1. The highest BCUT2D eigenvalue weighted by Crippen LogP contribution is 1.96. The molecule has 0 amide bonds. The molecule has 0 aliphatic carbocycles. The minimum absolute atomic E-state index is 0. The van der Waals surface area contributed by atoms with Crippen molar-refractivity contribution >= 4 is 12.0 Å². The van der Waals surface area contributed by atoms with Crippen molar-refractivity contribution in [2.24, 2.45) is 0 Å². The Morgan fingerprint density at radius 2 is 1.80 bits per heavy atom. The third kappa shape index (κ3) is 11.8. The molecule has 0 rings (SSSR count). The SMILES string of the molecule is CSOCC[N+](C)(C)C.[I-]. The Hall–Kier alpha value is 1.00. The quantitative estimate of drug-likeness (QED) is 0.254. The first-order valence-electron chi connectivity index (χ1n) is 3.02. The van der Waals surface area contributed by atoms with Gasteiger partial charge >= 0.3 is 0 Å². The van der Waals surface area contributed by atoms with Crippen molar-refractivity contribution in [3.63, 3.8) is 0 Å². The van der Waals surface area contributed by atoms with Gasteiger partial charge in [-0.3, -0.25) is 0 Å². The van der Waals surface area contributed by atoms with Crippen LogP contribution in [-0.2, 0) is 4.18 Å². The number of nitrogens with zero attached hydrogens (tertiary/aromatic N) is 1. The van der Waals surface area contributed by atoms with E-state index in [2.05, 4.69) is 21.1 Å². The maximum atomic E-state index is 5.11. The molecule has 64 valence electrons. The summed E-state index contributed by atoms with van der Waals surface area (Å²) in [5.74, 6) is 0. The van der Waals surface area contributed by atoms with Gasteiger partial charge in [0.25, 0.3) is 0 Å². The Morgan fingerprint density at radius 3 is 2.10 bits per heavy atom. The summed E-state index contributed by atoms with van der Waals surface area (Å²) in [6.45, 7) is 1.91. The maximum absolute atomic E-state index is 5.11. The predicted molar refractivity (Wildman–Crippen MR) is 42.4 cm³/mol. The standard InChI is InChI=1S/C6H16NOS.HI/c1-7(2,3)5-6-8-9-4;/h5-6H2,1-4H3;1H/q+1;/p-1. The van der Waals surface area contributed by atoms with Crippen LogP contribution in [0.1, 0.15) is 0 Å². The minimum Gasteiger partial charge on any atom is -1.00 e. The molecule has 10 heavy (non-hydrogen) atoms. The van der Waals surface area contributed by atoms with Crippen molar-refractivity contribution < 1.29 is 32.6 Å². The Bertz CT molecular complexity index is 74.6. The van der Waals surface area contributed by atoms with Crippen molar-refractivity contribution in [3.8, 4) is 0 Å². The third-order valence-electron chi connectivity index (χ3n) is 0.963. The first-order valence-corrected chi connectivity index (χ1v) is 4.17. The third-order valence-corrected chi connectivity index (χ3v) is 1.37. The zero-order valence-corrected chi connectivity index (χ0v) is 10.0. The van der Waals surface area contributed by atoms with Crippen molar-refractivity contribution in [2.75, 3.05) is 40.6 Å². The fraction of sp³-hybridized carbons (Fsp3) is 1.00. The summed E-state index contributed by atoms with van der Waals surface area (Å²) in [5, 5.41) is 0. The summed E-state index contributed by atoms with van der Waals surface area (Å²) < 4.78 is 6.08. The van der Waals surface area contributed by atoms with E-state index in [0.29, 0.717) is 0 Å². The van der Waals surface area contributed by atoms with Gasteiger partial charge < -0.3 is 32.6 Å². The molecule has 0 saturated carbocycles. The van der Waals surface area contributed by atoms with Crippen molar-refractivity contribution in [2.45, 2.75) is 0 Å². The maximum Gasteiger partial charge on any atom is 0.110 e. The van der Waals surface area contributed by atoms with Crippen LogP contribution in [0, 0.1) is 0 Å². The van der Waals surface area contributed by atoms with E-state index in [-0.39, 0.29) is 24.0 Å².